The number of fused-ring (bicyclic) bond motifs is 1. The standard InChI is InChI=1S/C15H17N3O4S/c1-3-21-14(19)11-9-6-4-5-7-10(9)23-13(11)17-16-12-8(2)18-22-15(12)20/h18H,3-7H2,1-2H3. The van der Waals surface area contributed by atoms with E-state index in [1.807, 2.05) is 0 Å². The molecule has 8 heteroatoms. The van der Waals surface area contributed by atoms with Gasteiger partial charge in [0.25, 0.3) is 0 Å². The fourth-order valence-electron chi connectivity index (χ4n) is 2.62. The van der Waals surface area contributed by atoms with Crippen molar-refractivity contribution < 1.29 is 14.1 Å². The monoisotopic (exact) mass is 335 g/mol. The summed E-state index contributed by atoms with van der Waals surface area (Å²) >= 11 is 1.45. The minimum Gasteiger partial charge on any atom is -0.462 e. The van der Waals surface area contributed by atoms with Gasteiger partial charge in [-0.15, -0.1) is 21.6 Å². The second-order valence-corrected chi connectivity index (χ2v) is 6.36. The summed E-state index contributed by atoms with van der Waals surface area (Å²) in [6, 6.07) is 0. The highest BCUT2D eigenvalue weighted by Gasteiger charge is 2.26. The molecule has 23 heavy (non-hydrogen) atoms. The molecule has 7 nitrogen and oxygen atoms in total. The molecule has 0 saturated heterocycles. The molecular weight excluding hydrogens is 318 g/mol. The highest BCUT2D eigenvalue weighted by Crippen LogP contribution is 2.40. The summed E-state index contributed by atoms with van der Waals surface area (Å²) in [6.07, 6.45) is 3.94. The van der Waals surface area contributed by atoms with Crippen molar-refractivity contribution >= 4 is 28.0 Å². The molecule has 0 spiro atoms. The van der Waals surface area contributed by atoms with Crippen LogP contribution in [0.4, 0.5) is 10.7 Å². The zero-order chi connectivity index (χ0) is 16.4. The Morgan fingerprint density at radius 2 is 2.13 bits per heavy atom. The van der Waals surface area contributed by atoms with Gasteiger partial charge in [0.1, 0.15) is 5.56 Å². The van der Waals surface area contributed by atoms with Gasteiger partial charge < -0.3 is 9.26 Å². The average molecular weight is 335 g/mol. The van der Waals surface area contributed by atoms with Crippen molar-refractivity contribution in [3.63, 3.8) is 0 Å². The molecule has 0 atom stereocenters. The van der Waals surface area contributed by atoms with Gasteiger partial charge in [0.15, 0.2) is 10.7 Å². The zero-order valence-electron chi connectivity index (χ0n) is 13.0. The highest BCUT2D eigenvalue weighted by molar-refractivity contribution is 7.16. The van der Waals surface area contributed by atoms with E-state index in [9.17, 15) is 9.59 Å². The Kier molecular flexibility index (Phi) is 4.42. The van der Waals surface area contributed by atoms with E-state index in [0.29, 0.717) is 22.9 Å². The van der Waals surface area contributed by atoms with Crippen LogP contribution in [-0.2, 0) is 17.6 Å². The molecule has 2 aromatic rings. The fourth-order valence-corrected chi connectivity index (χ4v) is 3.82. The van der Waals surface area contributed by atoms with E-state index in [2.05, 4.69) is 19.9 Å². The number of ether oxygens (including phenoxy) is 1. The molecule has 0 saturated carbocycles. The Labute approximate surface area is 136 Å². The number of thiophene rings is 1. The second-order valence-electron chi connectivity index (χ2n) is 5.28. The number of hydrogen-bond donors (Lipinski definition) is 1. The Balaban J connectivity index is 2.03. The molecule has 0 bridgehead atoms. The van der Waals surface area contributed by atoms with E-state index in [0.717, 1.165) is 36.1 Å². The quantitative estimate of drug-likeness (QED) is 0.678. The normalized spacial score (nSPS) is 14.2. The van der Waals surface area contributed by atoms with Crippen LogP contribution in [0, 0.1) is 6.92 Å². The first kappa shape index (κ1) is 15.7. The van der Waals surface area contributed by atoms with Crippen molar-refractivity contribution in [3.8, 4) is 0 Å². The van der Waals surface area contributed by atoms with Gasteiger partial charge in [-0.05, 0) is 45.1 Å². The third-order valence-corrected chi connectivity index (χ3v) is 4.89. The second kappa shape index (κ2) is 6.49. The molecule has 0 unspecified atom stereocenters. The molecule has 2 aromatic heterocycles. The van der Waals surface area contributed by atoms with Gasteiger partial charge >= 0.3 is 11.6 Å². The Morgan fingerprint density at radius 3 is 2.83 bits per heavy atom. The maximum absolute atomic E-state index is 12.3. The lowest BCUT2D eigenvalue weighted by atomic mass is 9.95. The van der Waals surface area contributed by atoms with E-state index in [-0.39, 0.29) is 11.7 Å². The number of aromatic nitrogens is 1. The lowest BCUT2D eigenvalue weighted by Crippen LogP contribution is -2.09. The van der Waals surface area contributed by atoms with Gasteiger partial charge in [-0.1, -0.05) is 0 Å². The first-order valence-corrected chi connectivity index (χ1v) is 8.35. The summed E-state index contributed by atoms with van der Waals surface area (Å²) < 4.78 is 9.82. The third-order valence-electron chi connectivity index (χ3n) is 3.72. The Morgan fingerprint density at radius 1 is 1.35 bits per heavy atom. The molecule has 0 aliphatic heterocycles. The SMILES string of the molecule is CCOC(=O)c1c(N=Nc2c(C)[nH]oc2=O)sc2c1CCCC2. The summed E-state index contributed by atoms with van der Waals surface area (Å²) in [5.41, 5.74) is 1.55. The van der Waals surface area contributed by atoms with Crippen LogP contribution >= 0.6 is 11.3 Å². The molecule has 2 heterocycles. The number of rotatable bonds is 4. The Bertz CT molecular complexity index is 815. The molecule has 122 valence electrons. The van der Waals surface area contributed by atoms with Crippen LogP contribution < -0.4 is 5.63 Å². The van der Waals surface area contributed by atoms with Gasteiger partial charge in [0.2, 0.25) is 0 Å². The van der Waals surface area contributed by atoms with Gasteiger partial charge in [0, 0.05) is 4.88 Å². The predicted molar refractivity (Wildman–Crippen MR) is 85.2 cm³/mol. The lowest BCUT2D eigenvalue weighted by molar-refractivity contribution is 0.0526. The molecule has 0 aromatic carbocycles. The molecule has 1 N–H and O–H groups in total. The van der Waals surface area contributed by atoms with E-state index in [1.54, 1.807) is 13.8 Å². The maximum Gasteiger partial charge on any atom is 0.384 e. The molecule has 1 aliphatic carbocycles. The van der Waals surface area contributed by atoms with Crippen molar-refractivity contribution in [2.75, 3.05) is 6.61 Å². The van der Waals surface area contributed by atoms with E-state index < -0.39 is 5.63 Å². The van der Waals surface area contributed by atoms with E-state index >= 15 is 0 Å². The van der Waals surface area contributed by atoms with Crippen molar-refractivity contribution in [2.24, 2.45) is 10.2 Å². The van der Waals surface area contributed by atoms with Crippen LogP contribution in [0.5, 0.6) is 0 Å². The topological polar surface area (TPSA) is 97.0 Å². The summed E-state index contributed by atoms with van der Waals surface area (Å²) in [5, 5.41) is 11.1. The smallest absolute Gasteiger partial charge is 0.384 e. The first-order chi connectivity index (χ1) is 11.1. The van der Waals surface area contributed by atoms with Crippen LogP contribution in [0.2, 0.25) is 0 Å². The molecule has 0 amide bonds. The van der Waals surface area contributed by atoms with Crippen LogP contribution in [0.25, 0.3) is 0 Å². The zero-order valence-corrected chi connectivity index (χ0v) is 13.8. The predicted octanol–water partition coefficient (Wildman–Crippen LogP) is 3.81. The number of carbonyl (C=O) groups is 1. The summed E-state index contributed by atoms with van der Waals surface area (Å²) in [4.78, 5) is 25.0. The first-order valence-electron chi connectivity index (χ1n) is 7.53. The van der Waals surface area contributed by atoms with Crippen LogP contribution in [-0.4, -0.2) is 17.7 Å². The number of aryl methyl sites for hydroxylation is 2. The third kappa shape index (κ3) is 2.98. The number of aromatic amines is 1. The molecular formula is C15H17N3O4S. The highest BCUT2D eigenvalue weighted by atomic mass is 32.1. The Hall–Kier alpha value is -2.22. The summed E-state index contributed by atoms with van der Waals surface area (Å²) in [7, 11) is 0. The number of azo groups is 1. The number of carbonyl (C=O) groups excluding carboxylic acids is 1. The minimum atomic E-state index is -0.578. The van der Waals surface area contributed by atoms with E-state index in [1.165, 1.54) is 11.3 Å². The van der Waals surface area contributed by atoms with Crippen LogP contribution in [0.1, 0.15) is 46.3 Å². The lowest BCUT2D eigenvalue weighted by Gasteiger charge is -2.11. The molecule has 0 fully saturated rings. The summed E-state index contributed by atoms with van der Waals surface area (Å²) in [5.74, 6) is -0.376. The van der Waals surface area contributed by atoms with Crippen molar-refractivity contribution in [2.45, 2.75) is 39.5 Å². The van der Waals surface area contributed by atoms with Gasteiger partial charge in [-0.3, -0.25) is 0 Å². The largest absolute Gasteiger partial charge is 0.462 e. The van der Waals surface area contributed by atoms with Crippen molar-refractivity contribution in [3.05, 3.63) is 32.1 Å². The molecule has 0 radical (unpaired) electrons. The molecule has 3 rings (SSSR count). The minimum absolute atomic E-state index is 0.117. The summed E-state index contributed by atoms with van der Waals surface area (Å²) in [6.45, 7) is 3.75. The molecule has 1 aliphatic rings. The van der Waals surface area contributed by atoms with Crippen molar-refractivity contribution in [1.82, 2.24) is 5.16 Å². The number of esters is 1. The maximum atomic E-state index is 12.3. The number of hydrogen-bond acceptors (Lipinski definition) is 7. The van der Waals surface area contributed by atoms with Crippen molar-refractivity contribution in [1.29, 1.82) is 0 Å². The number of nitrogens with zero attached hydrogens (tertiary/aromatic N) is 2. The van der Waals surface area contributed by atoms with Crippen LogP contribution in [0.3, 0.4) is 0 Å². The van der Waals surface area contributed by atoms with E-state index in [4.69, 9.17) is 4.74 Å². The van der Waals surface area contributed by atoms with Gasteiger partial charge in [-0.25, -0.2) is 14.7 Å². The average Bonchev–Trinajstić information content (AvgIpc) is 3.06. The van der Waals surface area contributed by atoms with Gasteiger partial charge in [-0.2, -0.15) is 0 Å². The number of nitrogens with one attached hydrogen (secondary N) is 1. The fraction of sp³-hybridized carbons (Fsp3) is 0.467. The number of H-pyrrole nitrogens is 1. The van der Waals surface area contributed by atoms with Gasteiger partial charge in [0.05, 0.1) is 12.3 Å². The van der Waals surface area contributed by atoms with Crippen LogP contribution in [0.15, 0.2) is 19.5 Å².